The van der Waals surface area contributed by atoms with Crippen molar-refractivity contribution in [1.82, 2.24) is 10.2 Å². The molecule has 0 radical (unpaired) electrons. The van der Waals surface area contributed by atoms with Crippen LogP contribution in [-0.2, 0) is 17.8 Å². The van der Waals surface area contributed by atoms with Crippen LogP contribution >= 0.6 is 0 Å². The summed E-state index contributed by atoms with van der Waals surface area (Å²) in [6.45, 7) is 3.83. The Morgan fingerprint density at radius 1 is 1.19 bits per heavy atom. The number of amides is 1. The highest BCUT2D eigenvalue weighted by Gasteiger charge is 2.24. The van der Waals surface area contributed by atoms with Crippen LogP contribution in [0.25, 0.3) is 0 Å². The first-order valence-corrected chi connectivity index (χ1v) is 8.94. The summed E-state index contributed by atoms with van der Waals surface area (Å²) in [5.74, 6) is 0.787. The third-order valence-electron chi connectivity index (χ3n) is 4.83. The predicted molar refractivity (Wildman–Crippen MR) is 107 cm³/mol. The molecule has 0 fully saturated rings. The summed E-state index contributed by atoms with van der Waals surface area (Å²) in [5, 5.41) is 3.20. The Morgan fingerprint density at radius 2 is 1.92 bits per heavy atom. The molecule has 136 valence electrons. The van der Waals surface area contributed by atoms with E-state index in [2.05, 4.69) is 35.4 Å². The number of nitrogens with one attached hydrogen (secondary N) is 1. The lowest BCUT2D eigenvalue weighted by Crippen LogP contribution is -2.44. The molecule has 2 aromatic carbocycles. The lowest BCUT2D eigenvalue weighted by molar-refractivity contribution is -0.117. The number of guanidine groups is 1. The fourth-order valence-electron chi connectivity index (χ4n) is 3.35. The summed E-state index contributed by atoms with van der Waals surface area (Å²) >= 11 is 0. The van der Waals surface area contributed by atoms with Gasteiger partial charge in [0.25, 0.3) is 0 Å². The molecule has 5 heteroatoms. The largest absolute Gasteiger partial charge is 0.347 e. The highest BCUT2D eigenvalue weighted by Crippen LogP contribution is 2.27. The van der Waals surface area contributed by atoms with Crippen molar-refractivity contribution in [3.63, 3.8) is 0 Å². The van der Waals surface area contributed by atoms with Gasteiger partial charge in [0.1, 0.15) is 0 Å². The van der Waals surface area contributed by atoms with Gasteiger partial charge in [0, 0.05) is 32.9 Å². The first kappa shape index (κ1) is 18.0. The molecule has 26 heavy (non-hydrogen) atoms. The number of hydrogen-bond acceptors (Lipinski definition) is 2. The van der Waals surface area contributed by atoms with Crippen LogP contribution in [0.3, 0.4) is 0 Å². The Bertz CT molecular complexity index is 815. The number of aryl methyl sites for hydroxylation is 1. The van der Waals surface area contributed by atoms with Crippen molar-refractivity contribution in [1.29, 1.82) is 0 Å². The third kappa shape index (κ3) is 3.87. The van der Waals surface area contributed by atoms with Crippen LogP contribution < -0.4 is 10.2 Å². The molecule has 0 bridgehead atoms. The Kier molecular flexibility index (Phi) is 5.56. The van der Waals surface area contributed by atoms with Crippen molar-refractivity contribution in [3.8, 4) is 0 Å². The average molecular weight is 350 g/mol. The number of para-hydroxylation sites is 1. The molecule has 0 aromatic heterocycles. The molecule has 0 spiro atoms. The van der Waals surface area contributed by atoms with E-state index < -0.39 is 0 Å². The summed E-state index contributed by atoms with van der Waals surface area (Å²) in [5.41, 5.74) is 4.77. The number of anilines is 1. The molecule has 0 unspecified atom stereocenters. The van der Waals surface area contributed by atoms with Gasteiger partial charge in [-0.15, -0.1) is 0 Å². The van der Waals surface area contributed by atoms with Gasteiger partial charge >= 0.3 is 0 Å². The fourth-order valence-corrected chi connectivity index (χ4v) is 3.35. The van der Waals surface area contributed by atoms with Crippen LogP contribution in [-0.4, -0.2) is 44.0 Å². The molecule has 1 aliphatic rings. The molecule has 1 amide bonds. The second kappa shape index (κ2) is 8.04. The molecular weight excluding hydrogens is 324 g/mol. The summed E-state index contributed by atoms with van der Waals surface area (Å²) in [7, 11) is 3.73. The fraction of sp³-hybridized carbons (Fsp3) is 0.333. The SMILES string of the molecule is CN=C(NCC(=O)N1CCc2ccccc21)N(C)Cc1ccccc1C. The van der Waals surface area contributed by atoms with Gasteiger partial charge in [-0.2, -0.15) is 0 Å². The third-order valence-corrected chi connectivity index (χ3v) is 4.83. The zero-order valence-electron chi connectivity index (χ0n) is 15.7. The van der Waals surface area contributed by atoms with Crippen molar-refractivity contribution in [2.75, 3.05) is 32.1 Å². The highest BCUT2D eigenvalue weighted by atomic mass is 16.2. The molecule has 1 aliphatic heterocycles. The smallest absolute Gasteiger partial charge is 0.246 e. The van der Waals surface area contributed by atoms with E-state index >= 15 is 0 Å². The second-order valence-corrected chi connectivity index (χ2v) is 6.61. The number of benzene rings is 2. The average Bonchev–Trinajstić information content (AvgIpc) is 3.08. The van der Waals surface area contributed by atoms with Crippen LogP contribution in [0.15, 0.2) is 53.5 Å². The maximum Gasteiger partial charge on any atom is 0.246 e. The molecule has 0 atom stereocenters. The molecule has 0 saturated heterocycles. The van der Waals surface area contributed by atoms with Crippen LogP contribution in [0.2, 0.25) is 0 Å². The number of rotatable bonds is 4. The van der Waals surface area contributed by atoms with Crippen molar-refractivity contribution >= 4 is 17.6 Å². The molecule has 2 aromatic rings. The highest BCUT2D eigenvalue weighted by molar-refractivity contribution is 5.98. The van der Waals surface area contributed by atoms with Gasteiger partial charge in [0.05, 0.1) is 6.54 Å². The molecule has 3 rings (SSSR count). The summed E-state index contributed by atoms with van der Waals surface area (Å²) in [6, 6.07) is 16.4. The normalized spacial score (nSPS) is 13.5. The molecule has 1 N–H and O–H groups in total. The number of carbonyl (C=O) groups excluding carboxylic acids is 1. The van der Waals surface area contributed by atoms with Gasteiger partial charge in [-0.3, -0.25) is 9.79 Å². The van der Waals surface area contributed by atoms with E-state index in [4.69, 9.17) is 0 Å². The van der Waals surface area contributed by atoms with Crippen LogP contribution in [0.5, 0.6) is 0 Å². The van der Waals surface area contributed by atoms with Crippen LogP contribution in [0, 0.1) is 6.92 Å². The van der Waals surface area contributed by atoms with Gasteiger partial charge in [-0.05, 0) is 36.1 Å². The van der Waals surface area contributed by atoms with E-state index in [1.165, 1.54) is 16.7 Å². The minimum Gasteiger partial charge on any atom is -0.347 e. The van der Waals surface area contributed by atoms with E-state index in [0.717, 1.165) is 25.2 Å². The summed E-state index contributed by atoms with van der Waals surface area (Å²) in [4.78, 5) is 20.9. The maximum atomic E-state index is 12.7. The standard InChI is InChI=1S/C21H26N4O/c1-16-8-4-5-10-18(16)15-24(3)21(22-2)23-14-20(26)25-13-12-17-9-6-7-11-19(17)25/h4-11H,12-15H2,1-3H3,(H,22,23). The second-order valence-electron chi connectivity index (χ2n) is 6.61. The minimum atomic E-state index is 0.0698. The molecule has 0 aliphatic carbocycles. The van der Waals surface area contributed by atoms with Gasteiger partial charge in [-0.25, -0.2) is 0 Å². The van der Waals surface area contributed by atoms with Crippen molar-refractivity contribution < 1.29 is 4.79 Å². The minimum absolute atomic E-state index is 0.0698. The summed E-state index contributed by atoms with van der Waals surface area (Å²) < 4.78 is 0. The zero-order valence-corrected chi connectivity index (χ0v) is 15.7. The first-order chi connectivity index (χ1) is 12.6. The molecule has 0 saturated carbocycles. The van der Waals surface area contributed by atoms with Crippen molar-refractivity contribution in [2.24, 2.45) is 4.99 Å². The lowest BCUT2D eigenvalue weighted by Gasteiger charge is -2.24. The van der Waals surface area contributed by atoms with Crippen molar-refractivity contribution in [3.05, 3.63) is 65.2 Å². The number of nitrogens with zero attached hydrogens (tertiary/aromatic N) is 3. The predicted octanol–water partition coefficient (Wildman–Crippen LogP) is 2.59. The first-order valence-electron chi connectivity index (χ1n) is 8.94. The molecule has 5 nitrogen and oxygen atoms in total. The number of hydrogen-bond donors (Lipinski definition) is 1. The Hall–Kier alpha value is -2.82. The van der Waals surface area contributed by atoms with E-state index in [9.17, 15) is 4.79 Å². The molecular formula is C21H26N4O. The number of aliphatic imine (C=N–C) groups is 1. The van der Waals surface area contributed by atoms with Gasteiger partial charge < -0.3 is 15.1 Å². The Balaban J connectivity index is 1.59. The monoisotopic (exact) mass is 350 g/mol. The maximum absolute atomic E-state index is 12.7. The van der Waals surface area contributed by atoms with Crippen molar-refractivity contribution in [2.45, 2.75) is 19.9 Å². The number of carbonyl (C=O) groups is 1. The quantitative estimate of drug-likeness (QED) is 0.681. The Labute approximate surface area is 155 Å². The van der Waals surface area contributed by atoms with E-state index in [1.54, 1.807) is 7.05 Å². The van der Waals surface area contributed by atoms with Gasteiger partial charge in [0.15, 0.2) is 5.96 Å². The van der Waals surface area contributed by atoms with Gasteiger partial charge in [-0.1, -0.05) is 42.5 Å². The van der Waals surface area contributed by atoms with E-state index in [0.29, 0.717) is 5.96 Å². The van der Waals surface area contributed by atoms with Gasteiger partial charge in [0.2, 0.25) is 5.91 Å². The molecule has 1 heterocycles. The van der Waals surface area contributed by atoms with E-state index in [-0.39, 0.29) is 12.5 Å². The Morgan fingerprint density at radius 3 is 2.69 bits per heavy atom. The van der Waals surface area contributed by atoms with Crippen LogP contribution in [0.1, 0.15) is 16.7 Å². The number of fused-ring (bicyclic) bond motifs is 1. The topological polar surface area (TPSA) is 47.9 Å². The summed E-state index contributed by atoms with van der Waals surface area (Å²) in [6.07, 6.45) is 0.920. The van der Waals surface area contributed by atoms with E-state index in [1.807, 2.05) is 47.2 Å². The zero-order chi connectivity index (χ0) is 18.5. The van der Waals surface area contributed by atoms with Crippen LogP contribution in [0.4, 0.5) is 5.69 Å². The lowest BCUT2D eigenvalue weighted by atomic mass is 10.1.